The lowest BCUT2D eigenvalue weighted by atomic mass is 10.1. The van der Waals surface area contributed by atoms with Crippen LogP contribution < -0.4 is 5.32 Å². The third-order valence-electron chi connectivity index (χ3n) is 4.12. The summed E-state index contributed by atoms with van der Waals surface area (Å²) in [5, 5.41) is 2.62. The molecular weight excluding hydrogens is 380 g/mol. The maximum absolute atomic E-state index is 13.5. The molecule has 0 unspecified atom stereocenters. The van der Waals surface area contributed by atoms with Gasteiger partial charge in [0.05, 0.1) is 11.0 Å². The molecule has 1 atom stereocenters. The monoisotopic (exact) mass is 395 g/mol. The van der Waals surface area contributed by atoms with Crippen molar-refractivity contribution in [1.29, 1.82) is 0 Å². The van der Waals surface area contributed by atoms with E-state index in [-0.39, 0.29) is 11.6 Å². The van der Waals surface area contributed by atoms with Gasteiger partial charge in [-0.05, 0) is 29.8 Å². The van der Waals surface area contributed by atoms with E-state index in [1.54, 1.807) is 0 Å². The molecule has 4 aromatic rings. The Morgan fingerprint density at radius 1 is 0.964 bits per heavy atom. The summed E-state index contributed by atoms with van der Waals surface area (Å²) in [5.74, 6) is -2.34. The summed E-state index contributed by atoms with van der Waals surface area (Å²) >= 11 is 1.26. The van der Waals surface area contributed by atoms with Crippen molar-refractivity contribution in [2.75, 3.05) is 5.32 Å². The number of nitrogens with zero attached hydrogens (tertiary/aromatic N) is 1. The van der Waals surface area contributed by atoms with Crippen LogP contribution in [0.2, 0.25) is 0 Å². The SMILES string of the molecule is O=C(Nc1ccc(F)c(F)c1)[C@H](Sc1nc2ccccc2[nH]1)c1ccccc1. The van der Waals surface area contributed by atoms with Gasteiger partial charge in [-0.25, -0.2) is 13.8 Å². The zero-order chi connectivity index (χ0) is 19.5. The molecule has 0 bridgehead atoms. The van der Waals surface area contributed by atoms with Crippen LogP contribution in [0.3, 0.4) is 0 Å². The Balaban J connectivity index is 1.63. The van der Waals surface area contributed by atoms with Gasteiger partial charge in [0, 0.05) is 11.8 Å². The number of fused-ring (bicyclic) bond motifs is 1. The number of imidazole rings is 1. The van der Waals surface area contributed by atoms with Gasteiger partial charge >= 0.3 is 0 Å². The number of nitrogens with one attached hydrogen (secondary N) is 2. The molecule has 0 aliphatic carbocycles. The fourth-order valence-corrected chi connectivity index (χ4v) is 3.78. The van der Waals surface area contributed by atoms with Gasteiger partial charge in [-0.2, -0.15) is 0 Å². The second-order valence-corrected chi connectivity index (χ2v) is 7.18. The number of hydrogen-bond donors (Lipinski definition) is 2. The summed E-state index contributed by atoms with van der Waals surface area (Å²) in [6, 6.07) is 20.1. The van der Waals surface area contributed by atoms with Crippen molar-refractivity contribution >= 4 is 34.4 Å². The summed E-state index contributed by atoms with van der Waals surface area (Å²) in [6.45, 7) is 0. The zero-order valence-corrected chi connectivity index (χ0v) is 15.3. The number of aromatic nitrogens is 2. The molecule has 4 rings (SSSR count). The van der Waals surface area contributed by atoms with E-state index < -0.39 is 16.9 Å². The fraction of sp³-hybridized carbons (Fsp3) is 0.0476. The first-order chi connectivity index (χ1) is 13.6. The third-order valence-corrected chi connectivity index (χ3v) is 5.26. The predicted octanol–water partition coefficient (Wildman–Crippen LogP) is 5.31. The Hall–Kier alpha value is -3.19. The molecule has 28 heavy (non-hydrogen) atoms. The van der Waals surface area contributed by atoms with Crippen LogP contribution in [-0.2, 0) is 4.79 Å². The standard InChI is InChI=1S/C21H15F2N3OS/c22-15-11-10-14(12-16(15)23)24-20(27)19(13-6-2-1-3-7-13)28-21-25-17-8-4-5-9-18(17)26-21/h1-12,19H,(H,24,27)(H,25,26)/t19-/m1/s1. The first kappa shape index (κ1) is 18.2. The smallest absolute Gasteiger partial charge is 0.242 e. The Morgan fingerprint density at radius 3 is 2.46 bits per heavy atom. The minimum Gasteiger partial charge on any atom is -0.333 e. The second kappa shape index (κ2) is 7.82. The maximum atomic E-state index is 13.5. The number of rotatable bonds is 5. The average Bonchev–Trinajstić information content (AvgIpc) is 3.12. The number of benzene rings is 3. The van der Waals surface area contributed by atoms with Crippen molar-refractivity contribution in [3.63, 3.8) is 0 Å². The van der Waals surface area contributed by atoms with Gasteiger partial charge in [-0.15, -0.1) is 0 Å². The van der Waals surface area contributed by atoms with Crippen LogP contribution in [0, 0.1) is 11.6 Å². The van der Waals surface area contributed by atoms with E-state index in [1.165, 1.54) is 17.8 Å². The van der Waals surface area contributed by atoms with Crippen LogP contribution in [0.25, 0.3) is 11.0 Å². The molecular formula is C21H15F2N3OS. The van der Waals surface area contributed by atoms with E-state index >= 15 is 0 Å². The highest BCUT2D eigenvalue weighted by Gasteiger charge is 2.24. The molecule has 1 heterocycles. The highest BCUT2D eigenvalue weighted by molar-refractivity contribution is 8.00. The predicted molar refractivity (Wildman–Crippen MR) is 106 cm³/mol. The number of halogens is 2. The number of hydrogen-bond acceptors (Lipinski definition) is 3. The lowest BCUT2D eigenvalue weighted by molar-refractivity contribution is -0.115. The molecule has 0 spiro atoms. The van der Waals surface area contributed by atoms with Crippen LogP contribution in [0.15, 0.2) is 78.0 Å². The van der Waals surface area contributed by atoms with Crippen molar-refractivity contribution in [2.24, 2.45) is 0 Å². The molecule has 0 aliphatic heterocycles. The normalized spacial score (nSPS) is 12.1. The number of para-hydroxylation sites is 2. The van der Waals surface area contributed by atoms with Gasteiger partial charge in [-0.1, -0.05) is 54.2 Å². The number of anilines is 1. The van der Waals surface area contributed by atoms with Gasteiger partial charge in [0.15, 0.2) is 16.8 Å². The Bertz CT molecular complexity index is 1100. The summed E-state index contributed by atoms with van der Waals surface area (Å²) in [6.07, 6.45) is 0. The summed E-state index contributed by atoms with van der Waals surface area (Å²) in [7, 11) is 0. The van der Waals surface area contributed by atoms with E-state index in [0.29, 0.717) is 5.16 Å². The lowest BCUT2D eigenvalue weighted by Crippen LogP contribution is -2.19. The van der Waals surface area contributed by atoms with E-state index in [9.17, 15) is 13.6 Å². The molecule has 0 fully saturated rings. The van der Waals surface area contributed by atoms with Crippen LogP contribution >= 0.6 is 11.8 Å². The van der Waals surface area contributed by atoms with Gasteiger partial charge in [0.1, 0.15) is 5.25 Å². The zero-order valence-electron chi connectivity index (χ0n) is 14.5. The topological polar surface area (TPSA) is 57.8 Å². The molecule has 0 radical (unpaired) electrons. The molecule has 0 saturated heterocycles. The van der Waals surface area contributed by atoms with Crippen LogP contribution in [0.5, 0.6) is 0 Å². The quantitative estimate of drug-likeness (QED) is 0.450. The average molecular weight is 395 g/mol. The van der Waals surface area contributed by atoms with E-state index in [1.807, 2.05) is 54.6 Å². The van der Waals surface area contributed by atoms with Gasteiger partial charge in [0.25, 0.3) is 0 Å². The summed E-state index contributed by atoms with van der Waals surface area (Å²) < 4.78 is 26.6. The largest absolute Gasteiger partial charge is 0.333 e. The van der Waals surface area contributed by atoms with E-state index in [0.717, 1.165) is 28.7 Å². The summed E-state index contributed by atoms with van der Waals surface area (Å²) in [5.41, 5.74) is 2.64. The van der Waals surface area contributed by atoms with Crippen molar-refractivity contribution in [1.82, 2.24) is 9.97 Å². The van der Waals surface area contributed by atoms with Gasteiger partial charge in [-0.3, -0.25) is 4.79 Å². The second-order valence-electron chi connectivity index (χ2n) is 6.09. The molecule has 2 N–H and O–H groups in total. The van der Waals surface area contributed by atoms with Crippen LogP contribution in [0.1, 0.15) is 10.8 Å². The molecule has 4 nitrogen and oxygen atoms in total. The molecule has 1 aromatic heterocycles. The molecule has 0 saturated carbocycles. The Morgan fingerprint density at radius 2 is 1.71 bits per heavy atom. The first-order valence-corrected chi connectivity index (χ1v) is 9.40. The lowest BCUT2D eigenvalue weighted by Gasteiger charge is -2.16. The van der Waals surface area contributed by atoms with E-state index in [4.69, 9.17) is 0 Å². The number of carbonyl (C=O) groups excluding carboxylic acids is 1. The number of amides is 1. The molecule has 3 aromatic carbocycles. The minimum absolute atomic E-state index is 0.190. The van der Waals surface area contributed by atoms with Crippen LogP contribution in [0.4, 0.5) is 14.5 Å². The molecule has 1 amide bonds. The highest BCUT2D eigenvalue weighted by Crippen LogP contribution is 2.35. The Labute approximate surface area is 164 Å². The summed E-state index contributed by atoms with van der Waals surface area (Å²) in [4.78, 5) is 20.6. The van der Waals surface area contributed by atoms with Gasteiger partial charge in [0.2, 0.25) is 5.91 Å². The Kier molecular flexibility index (Phi) is 5.08. The van der Waals surface area contributed by atoms with Crippen molar-refractivity contribution in [3.05, 3.63) is 90.0 Å². The maximum Gasteiger partial charge on any atom is 0.242 e. The van der Waals surface area contributed by atoms with E-state index in [2.05, 4.69) is 15.3 Å². The molecule has 7 heteroatoms. The molecule has 140 valence electrons. The van der Waals surface area contributed by atoms with Crippen molar-refractivity contribution in [3.8, 4) is 0 Å². The number of aromatic amines is 1. The molecule has 0 aliphatic rings. The van der Waals surface area contributed by atoms with Crippen molar-refractivity contribution < 1.29 is 13.6 Å². The van der Waals surface area contributed by atoms with Gasteiger partial charge < -0.3 is 10.3 Å². The highest BCUT2D eigenvalue weighted by atomic mass is 32.2. The first-order valence-electron chi connectivity index (χ1n) is 8.52. The van der Waals surface area contributed by atoms with Crippen LogP contribution in [-0.4, -0.2) is 15.9 Å². The fourth-order valence-electron chi connectivity index (χ4n) is 2.78. The number of thioether (sulfide) groups is 1. The minimum atomic E-state index is -1.01. The third kappa shape index (κ3) is 3.89. The van der Waals surface area contributed by atoms with Crippen molar-refractivity contribution in [2.45, 2.75) is 10.4 Å². The number of H-pyrrole nitrogens is 1. The number of carbonyl (C=O) groups is 1.